The summed E-state index contributed by atoms with van der Waals surface area (Å²) in [7, 11) is 1.76. The highest BCUT2D eigenvalue weighted by atomic mass is 16.2. The van der Waals surface area contributed by atoms with Gasteiger partial charge in [0, 0.05) is 13.6 Å². The van der Waals surface area contributed by atoms with Gasteiger partial charge in [0.1, 0.15) is 5.82 Å². The molecule has 3 aromatic rings. The van der Waals surface area contributed by atoms with Crippen molar-refractivity contribution in [3.8, 4) is 0 Å². The fraction of sp³-hybridized carbons (Fsp3) is 0.423. The van der Waals surface area contributed by atoms with Gasteiger partial charge in [0.25, 0.3) is 5.56 Å². The van der Waals surface area contributed by atoms with Crippen LogP contribution >= 0.6 is 0 Å². The van der Waals surface area contributed by atoms with E-state index in [0.717, 1.165) is 31.2 Å². The Balaban J connectivity index is 1.97. The van der Waals surface area contributed by atoms with Gasteiger partial charge in [-0.25, -0.2) is 4.98 Å². The number of amides is 1. The second kappa shape index (κ2) is 10.9. The number of aromatic nitrogens is 2. The largest absolute Gasteiger partial charge is 0.332 e. The fourth-order valence-electron chi connectivity index (χ4n) is 4.11. The van der Waals surface area contributed by atoms with E-state index in [2.05, 4.69) is 13.8 Å². The van der Waals surface area contributed by atoms with E-state index in [1.807, 2.05) is 53.4 Å². The summed E-state index contributed by atoms with van der Waals surface area (Å²) < 4.78 is 1.62. The van der Waals surface area contributed by atoms with Crippen LogP contribution in [0.1, 0.15) is 63.4 Å². The van der Waals surface area contributed by atoms with Gasteiger partial charge in [0.05, 0.1) is 23.4 Å². The predicted octanol–water partition coefficient (Wildman–Crippen LogP) is 5.04. The van der Waals surface area contributed by atoms with E-state index in [0.29, 0.717) is 36.1 Å². The summed E-state index contributed by atoms with van der Waals surface area (Å²) in [5, 5.41) is 0.605. The topological polar surface area (TPSA) is 55.2 Å². The van der Waals surface area contributed by atoms with E-state index in [4.69, 9.17) is 4.98 Å². The first-order chi connectivity index (χ1) is 15.1. The van der Waals surface area contributed by atoms with Gasteiger partial charge in [-0.3, -0.25) is 14.2 Å². The fourth-order valence-corrected chi connectivity index (χ4v) is 4.11. The van der Waals surface area contributed by atoms with Crippen molar-refractivity contribution in [3.63, 3.8) is 0 Å². The number of nitrogens with zero attached hydrogens (tertiary/aromatic N) is 3. The molecule has 1 unspecified atom stereocenters. The highest BCUT2D eigenvalue weighted by Gasteiger charge is 2.27. The second-order valence-corrected chi connectivity index (χ2v) is 8.09. The molecule has 1 amide bonds. The average Bonchev–Trinajstić information content (AvgIpc) is 2.79. The maximum absolute atomic E-state index is 13.4. The van der Waals surface area contributed by atoms with Crippen molar-refractivity contribution in [2.45, 2.75) is 58.4 Å². The lowest BCUT2D eigenvalue weighted by molar-refractivity contribution is -0.133. The SMILES string of the molecule is CCCCCCN(C(=O)Cc1ccccc1)C(CC)c1nc2ccccc2c(=O)n1C. The van der Waals surface area contributed by atoms with Gasteiger partial charge in [-0.05, 0) is 30.5 Å². The van der Waals surface area contributed by atoms with E-state index in [9.17, 15) is 9.59 Å². The molecule has 0 aliphatic heterocycles. The van der Waals surface area contributed by atoms with Crippen LogP contribution in [0, 0.1) is 0 Å². The van der Waals surface area contributed by atoms with E-state index >= 15 is 0 Å². The summed E-state index contributed by atoms with van der Waals surface area (Å²) in [5.41, 5.74) is 1.61. The molecule has 1 aromatic heterocycles. The van der Waals surface area contributed by atoms with Crippen LogP contribution in [0.4, 0.5) is 0 Å². The van der Waals surface area contributed by atoms with E-state index in [1.54, 1.807) is 17.7 Å². The molecule has 0 saturated heterocycles. The normalized spacial score (nSPS) is 12.1. The summed E-state index contributed by atoms with van der Waals surface area (Å²) in [4.78, 5) is 33.2. The third-order valence-corrected chi connectivity index (χ3v) is 5.85. The van der Waals surface area contributed by atoms with Crippen molar-refractivity contribution in [1.29, 1.82) is 0 Å². The molecule has 0 aliphatic carbocycles. The molecule has 2 aromatic carbocycles. The smallest absolute Gasteiger partial charge is 0.261 e. The van der Waals surface area contributed by atoms with Gasteiger partial charge >= 0.3 is 0 Å². The maximum atomic E-state index is 13.4. The Labute approximate surface area is 184 Å². The van der Waals surface area contributed by atoms with Crippen LogP contribution in [0.25, 0.3) is 10.9 Å². The van der Waals surface area contributed by atoms with Gasteiger partial charge in [-0.1, -0.05) is 75.6 Å². The molecule has 5 heteroatoms. The van der Waals surface area contributed by atoms with E-state index in [1.165, 1.54) is 0 Å². The molecule has 5 nitrogen and oxygen atoms in total. The molecule has 3 rings (SSSR count). The first-order valence-corrected chi connectivity index (χ1v) is 11.4. The Bertz CT molecular complexity index is 1060. The van der Waals surface area contributed by atoms with Crippen molar-refractivity contribution in [3.05, 3.63) is 76.3 Å². The number of carbonyl (C=O) groups is 1. The van der Waals surface area contributed by atoms with E-state index < -0.39 is 0 Å². The molecule has 0 N–H and O–H groups in total. The number of para-hydroxylation sites is 1. The second-order valence-electron chi connectivity index (χ2n) is 8.09. The molecule has 31 heavy (non-hydrogen) atoms. The Morgan fingerprint density at radius 2 is 1.71 bits per heavy atom. The molecule has 0 aliphatic rings. The van der Waals surface area contributed by atoms with Crippen molar-refractivity contribution in [2.75, 3.05) is 6.54 Å². The van der Waals surface area contributed by atoms with Crippen LogP contribution in [0.15, 0.2) is 59.4 Å². The lowest BCUT2D eigenvalue weighted by Crippen LogP contribution is -2.39. The lowest BCUT2D eigenvalue weighted by Gasteiger charge is -2.32. The summed E-state index contributed by atoms with van der Waals surface area (Å²) in [5.74, 6) is 0.736. The van der Waals surface area contributed by atoms with Crippen LogP contribution in [-0.4, -0.2) is 26.9 Å². The number of rotatable bonds is 10. The molecule has 0 spiro atoms. The summed E-state index contributed by atoms with van der Waals surface area (Å²) in [6.07, 6.45) is 5.40. The summed E-state index contributed by atoms with van der Waals surface area (Å²) >= 11 is 0. The Morgan fingerprint density at radius 3 is 2.42 bits per heavy atom. The van der Waals surface area contributed by atoms with Gasteiger partial charge in [-0.15, -0.1) is 0 Å². The predicted molar refractivity (Wildman–Crippen MR) is 126 cm³/mol. The van der Waals surface area contributed by atoms with Gasteiger partial charge in [0.2, 0.25) is 5.91 Å². The standard InChI is InChI=1S/C26H33N3O2/c1-4-6-7-13-18-29(24(30)19-20-14-9-8-10-15-20)23(5-2)25-27-22-17-12-11-16-21(22)26(31)28(25)3/h8-12,14-17,23H,4-7,13,18-19H2,1-3H3. The Morgan fingerprint density at radius 1 is 1.00 bits per heavy atom. The minimum absolute atomic E-state index is 0.0690. The van der Waals surface area contributed by atoms with Crippen LogP contribution < -0.4 is 5.56 Å². The highest BCUT2D eigenvalue weighted by molar-refractivity contribution is 5.80. The number of carbonyl (C=O) groups excluding carboxylic acids is 1. The van der Waals surface area contributed by atoms with Crippen LogP contribution in [0.3, 0.4) is 0 Å². The molecule has 0 radical (unpaired) electrons. The molecule has 0 fully saturated rings. The van der Waals surface area contributed by atoms with Crippen LogP contribution in [0.2, 0.25) is 0 Å². The van der Waals surface area contributed by atoms with Gasteiger partial charge in [-0.2, -0.15) is 0 Å². The number of unbranched alkanes of at least 4 members (excludes halogenated alkanes) is 3. The van der Waals surface area contributed by atoms with Crippen LogP contribution in [0.5, 0.6) is 0 Å². The molecule has 0 bridgehead atoms. The first kappa shape index (κ1) is 22.7. The minimum atomic E-state index is -0.236. The average molecular weight is 420 g/mol. The third kappa shape index (κ3) is 5.40. The van der Waals surface area contributed by atoms with Gasteiger partial charge in [0.15, 0.2) is 0 Å². The van der Waals surface area contributed by atoms with Gasteiger partial charge < -0.3 is 4.90 Å². The van der Waals surface area contributed by atoms with Crippen molar-refractivity contribution in [2.24, 2.45) is 7.05 Å². The molecule has 164 valence electrons. The number of benzene rings is 2. The lowest BCUT2D eigenvalue weighted by atomic mass is 10.1. The number of hydrogen-bond acceptors (Lipinski definition) is 3. The maximum Gasteiger partial charge on any atom is 0.261 e. The third-order valence-electron chi connectivity index (χ3n) is 5.85. The van der Waals surface area contributed by atoms with Crippen molar-refractivity contribution in [1.82, 2.24) is 14.5 Å². The zero-order valence-electron chi connectivity index (χ0n) is 18.9. The quantitative estimate of drug-likeness (QED) is 0.433. The molecule has 1 heterocycles. The van der Waals surface area contributed by atoms with E-state index in [-0.39, 0.29) is 17.5 Å². The summed E-state index contributed by atoms with van der Waals surface area (Å²) in [6.45, 7) is 4.91. The molecule has 0 saturated carbocycles. The Hall–Kier alpha value is -2.95. The monoisotopic (exact) mass is 419 g/mol. The number of hydrogen-bond donors (Lipinski definition) is 0. The number of fused-ring (bicyclic) bond motifs is 1. The molecular formula is C26H33N3O2. The molecular weight excluding hydrogens is 386 g/mol. The zero-order valence-corrected chi connectivity index (χ0v) is 18.9. The summed E-state index contributed by atoms with van der Waals surface area (Å²) in [6, 6.07) is 17.0. The first-order valence-electron chi connectivity index (χ1n) is 11.4. The highest BCUT2D eigenvalue weighted by Crippen LogP contribution is 2.25. The minimum Gasteiger partial charge on any atom is -0.332 e. The van der Waals surface area contributed by atoms with Crippen molar-refractivity contribution >= 4 is 16.8 Å². The Kier molecular flexibility index (Phi) is 7.99. The molecule has 1 atom stereocenters. The van der Waals surface area contributed by atoms with Crippen molar-refractivity contribution < 1.29 is 4.79 Å². The van der Waals surface area contributed by atoms with Crippen LogP contribution in [-0.2, 0) is 18.3 Å². The zero-order chi connectivity index (χ0) is 22.2.